The first-order valence-electron chi connectivity index (χ1n) is 5.84. The monoisotopic (exact) mass is 290 g/mol. The number of rotatable bonds is 7. The van der Waals surface area contributed by atoms with E-state index in [1.54, 1.807) is 0 Å². The molecular formula is C13H13F3O4. The van der Waals surface area contributed by atoms with Crippen LogP contribution in [0.3, 0.4) is 0 Å². The van der Waals surface area contributed by atoms with E-state index in [-0.39, 0.29) is 13.0 Å². The Morgan fingerprint density at radius 3 is 2.45 bits per heavy atom. The minimum atomic E-state index is -1.59. The summed E-state index contributed by atoms with van der Waals surface area (Å²) in [6, 6.07) is 1.74. The van der Waals surface area contributed by atoms with Gasteiger partial charge >= 0.3 is 5.97 Å². The van der Waals surface area contributed by atoms with Crippen molar-refractivity contribution in [2.24, 2.45) is 0 Å². The van der Waals surface area contributed by atoms with Gasteiger partial charge in [-0.1, -0.05) is 0 Å². The lowest BCUT2D eigenvalue weighted by molar-refractivity contribution is -0.151. The van der Waals surface area contributed by atoms with Gasteiger partial charge in [-0.2, -0.15) is 4.39 Å². The Balaban J connectivity index is 2.34. The number of carbonyl (C=O) groups excluding carboxylic acids is 2. The number of halogens is 3. The molecule has 20 heavy (non-hydrogen) atoms. The highest BCUT2D eigenvalue weighted by Crippen LogP contribution is 2.21. The number of ketones is 1. The molecule has 0 fully saturated rings. The first kappa shape index (κ1) is 16.0. The number of carbonyl (C=O) groups is 2. The van der Waals surface area contributed by atoms with E-state index in [9.17, 15) is 22.8 Å². The van der Waals surface area contributed by atoms with Crippen molar-refractivity contribution < 1.29 is 32.2 Å². The van der Waals surface area contributed by atoms with Crippen molar-refractivity contribution in [1.82, 2.24) is 0 Å². The summed E-state index contributed by atoms with van der Waals surface area (Å²) >= 11 is 0. The Bertz CT molecular complexity index is 503. The molecule has 7 heteroatoms. The number of methoxy groups -OCH3 is 1. The van der Waals surface area contributed by atoms with E-state index >= 15 is 0 Å². The van der Waals surface area contributed by atoms with E-state index in [1.807, 2.05) is 0 Å². The molecule has 0 bridgehead atoms. The molecule has 0 heterocycles. The molecule has 110 valence electrons. The van der Waals surface area contributed by atoms with Crippen LogP contribution in [0, 0.1) is 17.5 Å². The molecule has 4 nitrogen and oxygen atoms in total. The molecule has 1 aromatic carbocycles. The van der Waals surface area contributed by atoms with Gasteiger partial charge in [-0.05, 0) is 25.0 Å². The summed E-state index contributed by atoms with van der Waals surface area (Å²) in [5.41, 5.74) is 0. The Kier molecular flexibility index (Phi) is 6.02. The molecule has 0 saturated carbocycles. The Morgan fingerprint density at radius 1 is 1.10 bits per heavy atom. The molecule has 0 unspecified atom stereocenters. The normalized spacial score (nSPS) is 10.2. The summed E-state index contributed by atoms with van der Waals surface area (Å²) < 4.78 is 47.9. The summed E-state index contributed by atoms with van der Waals surface area (Å²) in [4.78, 5) is 21.9. The molecule has 0 N–H and O–H groups in total. The van der Waals surface area contributed by atoms with E-state index in [0.717, 1.165) is 19.2 Å². The highest BCUT2D eigenvalue weighted by atomic mass is 19.2. The topological polar surface area (TPSA) is 52.6 Å². The van der Waals surface area contributed by atoms with Crippen LogP contribution in [0.15, 0.2) is 12.1 Å². The molecule has 0 spiro atoms. The van der Waals surface area contributed by atoms with E-state index < -0.39 is 35.0 Å². The summed E-state index contributed by atoms with van der Waals surface area (Å²) in [5.74, 6) is -6.26. The lowest BCUT2D eigenvalue weighted by Crippen LogP contribution is -2.15. The average Bonchev–Trinajstić information content (AvgIpc) is 2.45. The van der Waals surface area contributed by atoms with Crippen LogP contribution in [0.4, 0.5) is 13.2 Å². The van der Waals surface area contributed by atoms with Crippen LogP contribution in [0.2, 0.25) is 0 Å². The minimum Gasteiger partial charge on any atom is -0.490 e. The van der Waals surface area contributed by atoms with Gasteiger partial charge in [0.1, 0.15) is 0 Å². The van der Waals surface area contributed by atoms with Crippen LogP contribution in [0.25, 0.3) is 0 Å². The van der Waals surface area contributed by atoms with Crippen LogP contribution in [-0.2, 0) is 14.3 Å². The van der Waals surface area contributed by atoms with Gasteiger partial charge in [0, 0.05) is 6.42 Å². The zero-order chi connectivity index (χ0) is 15.1. The van der Waals surface area contributed by atoms with Crippen LogP contribution in [0.5, 0.6) is 5.75 Å². The van der Waals surface area contributed by atoms with Gasteiger partial charge in [0.2, 0.25) is 11.6 Å². The lowest BCUT2D eigenvalue weighted by Gasteiger charge is -2.07. The molecule has 0 radical (unpaired) electrons. The molecule has 0 aliphatic heterocycles. The van der Waals surface area contributed by atoms with Gasteiger partial charge in [0.05, 0.1) is 13.7 Å². The number of benzene rings is 1. The minimum absolute atomic E-state index is 0.0104. The molecule has 0 saturated heterocycles. The molecule has 0 amide bonds. The number of hydrogen-bond acceptors (Lipinski definition) is 4. The summed E-state index contributed by atoms with van der Waals surface area (Å²) in [7, 11) is 1.11. The molecule has 1 rings (SSSR count). The molecule has 0 aliphatic carbocycles. The van der Waals surface area contributed by atoms with Gasteiger partial charge in [-0.15, -0.1) is 0 Å². The van der Waals surface area contributed by atoms with E-state index in [4.69, 9.17) is 4.74 Å². The third kappa shape index (κ3) is 4.25. The van der Waals surface area contributed by atoms with Gasteiger partial charge in [0.25, 0.3) is 0 Å². The van der Waals surface area contributed by atoms with Gasteiger partial charge in [0.15, 0.2) is 17.4 Å². The van der Waals surface area contributed by atoms with Crippen molar-refractivity contribution in [2.45, 2.75) is 19.3 Å². The van der Waals surface area contributed by atoms with Crippen LogP contribution in [-0.4, -0.2) is 25.5 Å². The Hall–Kier alpha value is -2.05. The number of esters is 1. The number of ether oxygens (including phenoxy) is 2. The zero-order valence-corrected chi connectivity index (χ0v) is 10.8. The number of Topliss-reactive ketones (excluding diaryl/α,β-unsaturated/α-hetero) is 1. The van der Waals surface area contributed by atoms with Crippen molar-refractivity contribution >= 4 is 11.8 Å². The van der Waals surface area contributed by atoms with Crippen molar-refractivity contribution in [3.63, 3.8) is 0 Å². The summed E-state index contributed by atoms with van der Waals surface area (Å²) in [5, 5.41) is 0. The fourth-order valence-corrected chi connectivity index (χ4v) is 1.41. The average molecular weight is 290 g/mol. The highest BCUT2D eigenvalue weighted by molar-refractivity contribution is 6.33. The summed E-state index contributed by atoms with van der Waals surface area (Å²) in [6.45, 7) is 0.0104. The molecule has 1 aromatic rings. The van der Waals surface area contributed by atoms with Crippen molar-refractivity contribution in [2.75, 3.05) is 13.7 Å². The standard InChI is InChI=1S/C13H13F3O4/c1-19-13(18)9(17)4-2-3-7-20-10-6-5-8(14)11(15)12(10)16/h5-6H,2-4,7H2,1H3. The maximum Gasteiger partial charge on any atom is 0.374 e. The first-order chi connectivity index (χ1) is 9.47. The van der Waals surface area contributed by atoms with Crippen LogP contribution >= 0.6 is 0 Å². The highest BCUT2D eigenvalue weighted by Gasteiger charge is 2.15. The van der Waals surface area contributed by atoms with Crippen molar-refractivity contribution in [1.29, 1.82) is 0 Å². The molecule has 0 aliphatic rings. The van der Waals surface area contributed by atoms with Crippen LogP contribution in [0.1, 0.15) is 19.3 Å². The fourth-order valence-electron chi connectivity index (χ4n) is 1.41. The fraction of sp³-hybridized carbons (Fsp3) is 0.385. The van der Waals surface area contributed by atoms with Gasteiger partial charge in [-0.25, -0.2) is 13.6 Å². The molecule has 0 atom stereocenters. The van der Waals surface area contributed by atoms with Gasteiger partial charge < -0.3 is 9.47 Å². The van der Waals surface area contributed by atoms with Gasteiger partial charge in [-0.3, -0.25) is 4.79 Å². The second-order valence-electron chi connectivity index (χ2n) is 3.89. The predicted molar refractivity (Wildman–Crippen MR) is 62.7 cm³/mol. The molecule has 0 aromatic heterocycles. The first-order valence-corrected chi connectivity index (χ1v) is 5.84. The molecular weight excluding hydrogens is 277 g/mol. The SMILES string of the molecule is COC(=O)C(=O)CCCCOc1ccc(F)c(F)c1F. The Labute approximate surface area is 113 Å². The smallest absolute Gasteiger partial charge is 0.374 e. The summed E-state index contributed by atoms with van der Waals surface area (Å²) in [6.07, 6.45) is 0.663. The van der Waals surface area contributed by atoms with E-state index in [0.29, 0.717) is 12.8 Å². The van der Waals surface area contributed by atoms with E-state index in [2.05, 4.69) is 4.74 Å². The van der Waals surface area contributed by atoms with Crippen molar-refractivity contribution in [3.05, 3.63) is 29.6 Å². The second kappa shape index (κ2) is 7.52. The third-order valence-electron chi connectivity index (χ3n) is 2.47. The predicted octanol–water partition coefficient (Wildman–Crippen LogP) is 2.40. The third-order valence-corrected chi connectivity index (χ3v) is 2.47. The lowest BCUT2D eigenvalue weighted by atomic mass is 10.2. The largest absolute Gasteiger partial charge is 0.490 e. The maximum atomic E-state index is 13.2. The van der Waals surface area contributed by atoms with E-state index in [1.165, 1.54) is 0 Å². The van der Waals surface area contributed by atoms with Crippen LogP contribution < -0.4 is 4.74 Å². The van der Waals surface area contributed by atoms with Crippen molar-refractivity contribution in [3.8, 4) is 5.75 Å². The number of hydrogen-bond donors (Lipinski definition) is 0. The number of unbranched alkanes of at least 4 members (excludes halogenated alkanes) is 1. The zero-order valence-electron chi connectivity index (χ0n) is 10.8. The second-order valence-corrected chi connectivity index (χ2v) is 3.89. The maximum absolute atomic E-state index is 13.2. The quantitative estimate of drug-likeness (QED) is 0.335. The Morgan fingerprint density at radius 2 is 1.80 bits per heavy atom.